The highest BCUT2D eigenvalue weighted by atomic mass is 16.7. The van der Waals surface area contributed by atoms with Gasteiger partial charge in [0.25, 0.3) is 5.56 Å². The number of hydrogen-bond acceptors (Lipinski definition) is 6. The fourth-order valence-electron chi connectivity index (χ4n) is 5.53. The molecule has 5 unspecified atom stereocenters. The summed E-state index contributed by atoms with van der Waals surface area (Å²) < 4.78 is 12.6. The highest BCUT2D eigenvalue weighted by molar-refractivity contribution is 5.82. The SMILES string of the molecule is O=C(CCn1ccc(=O)[nH]c1=O)N1CCN(C(=O)C2CC2C2CCC3OCOC3C2)CC1. The first kappa shape index (κ1) is 21.4. The van der Waals surface area contributed by atoms with E-state index < -0.39 is 11.2 Å². The molecule has 174 valence electrons. The second kappa shape index (κ2) is 8.82. The number of aromatic amines is 1. The van der Waals surface area contributed by atoms with Crippen LogP contribution in [0.15, 0.2) is 21.9 Å². The monoisotopic (exact) mass is 446 g/mol. The summed E-state index contributed by atoms with van der Waals surface area (Å²) >= 11 is 0. The van der Waals surface area contributed by atoms with Crippen molar-refractivity contribution in [1.82, 2.24) is 19.4 Å². The summed E-state index contributed by atoms with van der Waals surface area (Å²) in [5, 5.41) is 0. The number of rotatable bonds is 5. The third-order valence-electron chi connectivity index (χ3n) is 7.51. The Bertz CT molecular complexity index is 981. The quantitative estimate of drug-likeness (QED) is 0.669. The Hall–Kier alpha value is -2.46. The van der Waals surface area contributed by atoms with Crippen molar-refractivity contribution in [3.05, 3.63) is 33.1 Å². The zero-order chi connectivity index (χ0) is 22.2. The summed E-state index contributed by atoms with van der Waals surface area (Å²) in [4.78, 5) is 54.2. The molecule has 5 rings (SSSR count). The number of H-pyrrole nitrogens is 1. The number of aryl methyl sites for hydroxylation is 1. The van der Waals surface area contributed by atoms with E-state index in [-0.39, 0.29) is 42.9 Å². The van der Waals surface area contributed by atoms with Crippen LogP contribution in [0.3, 0.4) is 0 Å². The zero-order valence-electron chi connectivity index (χ0n) is 18.1. The van der Waals surface area contributed by atoms with Crippen LogP contribution >= 0.6 is 0 Å². The van der Waals surface area contributed by atoms with Gasteiger partial charge in [-0.2, -0.15) is 0 Å². The second-order valence-corrected chi connectivity index (χ2v) is 9.37. The van der Waals surface area contributed by atoms with Crippen LogP contribution < -0.4 is 11.2 Å². The molecular formula is C22H30N4O6. The van der Waals surface area contributed by atoms with Crippen LogP contribution in [-0.4, -0.2) is 76.3 Å². The topological polar surface area (TPSA) is 114 Å². The van der Waals surface area contributed by atoms with E-state index in [1.54, 1.807) is 4.90 Å². The molecule has 2 amide bonds. The van der Waals surface area contributed by atoms with Crippen molar-refractivity contribution in [2.45, 2.75) is 50.9 Å². The van der Waals surface area contributed by atoms with Gasteiger partial charge in [-0.15, -0.1) is 0 Å². The molecule has 2 aliphatic heterocycles. The molecule has 1 aromatic rings. The molecule has 0 aromatic carbocycles. The van der Waals surface area contributed by atoms with Crippen molar-refractivity contribution in [1.29, 1.82) is 0 Å². The average molecular weight is 447 g/mol. The average Bonchev–Trinajstić information content (AvgIpc) is 3.46. The van der Waals surface area contributed by atoms with Crippen molar-refractivity contribution in [2.24, 2.45) is 17.8 Å². The van der Waals surface area contributed by atoms with Gasteiger partial charge in [0, 0.05) is 57.3 Å². The summed E-state index contributed by atoms with van der Waals surface area (Å²) in [6, 6.07) is 1.27. The Kier molecular flexibility index (Phi) is 5.90. The van der Waals surface area contributed by atoms with Gasteiger partial charge in [-0.1, -0.05) is 0 Å². The Labute approximate surface area is 185 Å². The van der Waals surface area contributed by atoms with Crippen molar-refractivity contribution in [3.63, 3.8) is 0 Å². The van der Waals surface area contributed by atoms with Crippen molar-refractivity contribution < 1.29 is 19.1 Å². The molecule has 0 spiro atoms. The molecule has 1 N–H and O–H groups in total. The predicted octanol–water partition coefficient (Wildman–Crippen LogP) is -0.225. The molecule has 1 aromatic heterocycles. The summed E-state index contributed by atoms with van der Waals surface area (Å²) in [5.41, 5.74) is -0.968. The van der Waals surface area contributed by atoms with E-state index in [1.165, 1.54) is 16.8 Å². The van der Waals surface area contributed by atoms with Crippen molar-refractivity contribution in [2.75, 3.05) is 33.0 Å². The highest BCUT2D eigenvalue weighted by Gasteiger charge is 2.51. The maximum atomic E-state index is 13.0. The van der Waals surface area contributed by atoms with E-state index in [9.17, 15) is 19.2 Å². The minimum atomic E-state index is -0.514. The van der Waals surface area contributed by atoms with Gasteiger partial charge in [0.05, 0.1) is 12.2 Å². The molecule has 4 fully saturated rings. The Morgan fingerprint density at radius 2 is 1.75 bits per heavy atom. The largest absolute Gasteiger partial charge is 0.349 e. The van der Waals surface area contributed by atoms with Gasteiger partial charge in [0.1, 0.15) is 6.79 Å². The van der Waals surface area contributed by atoms with Gasteiger partial charge in [0.15, 0.2) is 0 Å². The van der Waals surface area contributed by atoms with Gasteiger partial charge >= 0.3 is 5.69 Å². The van der Waals surface area contributed by atoms with Crippen molar-refractivity contribution >= 4 is 11.8 Å². The molecule has 2 saturated carbocycles. The molecule has 0 bridgehead atoms. The molecule has 0 radical (unpaired) electrons. The number of carbonyl (C=O) groups excluding carboxylic acids is 2. The number of ether oxygens (including phenoxy) is 2. The molecular weight excluding hydrogens is 416 g/mol. The molecule has 5 atom stereocenters. The summed E-state index contributed by atoms with van der Waals surface area (Å²) in [5.74, 6) is 1.31. The molecule has 10 heteroatoms. The molecule has 10 nitrogen and oxygen atoms in total. The fraction of sp³-hybridized carbons (Fsp3) is 0.727. The van der Waals surface area contributed by atoms with Crippen molar-refractivity contribution in [3.8, 4) is 0 Å². The number of amides is 2. The lowest BCUT2D eigenvalue weighted by Crippen LogP contribution is -2.51. The number of carbonyl (C=O) groups is 2. The summed E-state index contributed by atoms with van der Waals surface area (Å²) in [6.45, 7) is 2.76. The number of aromatic nitrogens is 2. The lowest BCUT2D eigenvalue weighted by atomic mass is 9.82. The van der Waals surface area contributed by atoms with Crippen LogP contribution in [0.25, 0.3) is 0 Å². The van der Waals surface area contributed by atoms with Gasteiger partial charge in [-0.3, -0.25) is 19.4 Å². The normalized spacial score (nSPS) is 31.9. The van der Waals surface area contributed by atoms with Gasteiger partial charge in [-0.25, -0.2) is 4.79 Å². The first-order valence-corrected chi connectivity index (χ1v) is 11.6. The minimum Gasteiger partial charge on any atom is -0.349 e. The number of nitrogens with one attached hydrogen (secondary N) is 1. The molecule has 3 heterocycles. The van der Waals surface area contributed by atoms with E-state index >= 15 is 0 Å². The lowest BCUT2D eigenvalue weighted by Gasteiger charge is -2.35. The fourth-order valence-corrected chi connectivity index (χ4v) is 5.53. The molecule has 2 saturated heterocycles. The second-order valence-electron chi connectivity index (χ2n) is 9.37. The summed E-state index contributed by atoms with van der Waals surface area (Å²) in [6.07, 6.45) is 6.13. The first-order valence-electron chi connectivity index (χ1n) is 11.6. The van der Waals surface area contributed by atoms with Gasteiger partial charge in [-0.05, 0) is 37.5 Å². The predicted molar refractivity (Wildman–Crippen MR) is 113 cm³/mol. The standard InChI is InChI=1S/C22H30N4O6/c27-19-3-5-26(22(30)23-19)6-4-20(28)24-7-9-25(10-8-24)21(29)16-12-15(16)14-1-2-17-18(11-14)32-13-31-17/h3,5,14-18H,1-2,4,6-13H2,(H,23,27,30). The van der Waals surface area contributed by atoms with E-state index in [0.717, 1.165) is 25.7 Å². The number of fused-ring (bicyclic) bond motifs is 1. The van der Waals surface area contributed by atoms with Gasteiger partial charge < -0.3 is 23.8 Å². The Morgan fingerprint density at radius 3 is 2.53 bits per heavy atom. The Balaban J connectivity index is 1.06. The molecule has 4 aliphatic rings. The first-order chi connectivity index (χ1) is 15.5. The van der Waals surface area contributed by atoms with Crippen LogP contribution in [0.5, 0.6) is 0 Å². The van der Waals surface area contributed by atoms with Gasteiger partial charge in [0.2, 0.25) is 11.8 Å². The maximum absolute atomic E-state index is 13.0. The zero-order valence-corrected chi connectivity index (χ0v) is 18.1. The highest BCUT2D eigenvalue weighted by Crippen LogP contribution is 2.51. The van der Waals surface area contributed by atoms with Crippen LogP contribution in [-0.2, 0) is 25.6 Å². The maximum Gasteiger partial charge on any atom is 0.328 e. The van der Waals surface area contributed by atoms with E-state index in [0.29, 0.717) is 44.8 Å². The van der Waals surface area contributed by atoms with Crippen LogP contribution in [0.4, 0.5) is 0 Å². The molecule has 32 heavy (non-hydrogen) atoms. The van der Waals surface area contributed by atoms with E-state index in [4.69, 9.17) is 9.47 Å². The number of piperazine rings is 1. The number of nitrogens with zero attached hydrogens (tertiary/aromatic N) is 3. The van der Waals surface area contributed by atoms with Crippen LogP contribution in [0.2, 0.25) is 0 Å². The van der Waals surface area contributed by atoms with Crippen LogP contribution in [0, 0.1) is 17.8 Å². The third kappa shape index (κ3) is 4.38. The summed E-state index contributed by atoms with van der Waals surface area (Å²) in [7, 11) is 0. The van der Waals surface area contributed by atoms with E-state index in [2.05, 4.69) is 4.98 Å². The Morgan fingerprint density at radius 1 is 1.00 bits per heavy atom. The van der Waals surface area contributed by atoms with Crippen LogP contribution in [0.1, 0.15) is 32.1 Å². The van der Waals surface area contributed by atoms with E-state index in [1.807, 2.05) is 4.90 Å². The minimum absolute atomic E-state index is 0.0463. The lowest BCUT2D eigenvalue weighted by molar-refractivity contribution is -0.140. The third-order valence-corrected chi connectivity index (χ3v) is 7.51. The number of hydrogen-bond donors (Lipinski definition) is 1. The molecule has 2 aliphatic carbocycles. The smallest absolute Gasteiger partial charge is 0.328 e.